The molecule has 0 amide bonds. The molecule has 0 spiro atoms. The van der Waals surface area contributed by atoms with Gasteiger partial charge in [0.25, 0.3) is 0 Å². The van der Waals surface area contributed by atoms with Gasteiger partial charge in [-0.05, 0) is 27.1 Å². The second-order valence-electron chi connectivity index (χ2n) is 2.72. The Balaban J connectivity index is 3.48. The molecule has 0 fully saturated rings. The minimum atomic E-state index is 0.936. The Bertz CT molecular complexity index is 136. The second-order valence-corrected chi connectivity index (χ2v) is 2.72. The molecule has 0 bridgehead atoms. The van der Waals surface area contributed by atoms with Crippen molar-refractivity contribution < 1.29 is 0 Å². The Labute approximate surface area is 69.6 Å². The number of allylic oxidation sites excluding steroid dienone is 1. The highest BCUT2D eigenvalue weighted by molar-refractivity contribution is 5.12. The summed E-state index contributed by atoms with van der Waals surface area (Å²) in [6, 6.07) is 0. The maximum absolute atomic E-state index is 3.82. The van der Waals surface area contributed by atoms with Gasteiger partial charge in [0.2, 0.25) is 0 Å². The maximum Gasteiger partial charge on any atom is 0.0264 e. The molecule has 0 aromatic carbocycles. The van der Waals surface area contributed by atoms with Crippen LogP contribution in [0.1, 0.15) is 6.92 Å². The third-order valence-corrected chi connectivity index (χ3v) is 1.19. The monoisotopic (exact) mass is 154 g/mol. The zero-order valence-corrected chi connectivity index (χ0v) is 7.72. The molecule has 64 valence electrons. The van der Waals surface area contributed by atoms with Crippen LogP contribution in [0.25, 0.3) is 0 Å². The van der Waals surface area contributed by atoms with Crippen molar-refractivity contribution in [2.24, 2.45) is 0 Å². The molecule has 0 heterocycles. The van der Waals surface area contributed by atoms with Gasteiger partial charge in [0.15, 0.2) is 0 Å². The molecule has 0 radical (unpaired) electrons. The normalized spacial score (nSPS) is 10.9. The van der Waals surface area contributed by atoms with Gasteiger partial charge in [0.05, 0.1) is 0 Å². The molecular formula is C9H18N2. The number of rotatable bonds is 5. The highest BCUT2D eigenvalue weighted by Crippen LogP contribution is 1.86. The Morgan fingerprint density at radius 1 is 1.55 bits per heavy atom. The fraction of sp³-hybridized carbons (Fsp3) is 0.556. The minimum Gasteiger partial charge on any atom is -0.386 e. The fourth-order valence-electron chi connectivity index (χ4n) is 0.692. The summed E-state index contributed by atoms with van der Waals surface area (Å²) in [4.78, 5) is 2.11. The van der Waals surface area contributed by atoms with E-state index in [0.717, 1.165) is 18.8 Å². The molecule has 0 aromatic heterocycles. The first-order chi connectivity index (χ1) is 5.16. The Morgan fingerprint density at radius 2 is 2.18 bits per heavy atom. The lowest BCUT2D eigenvalue weighted by atomic mass is 10.4. The van der Waals surface area contributed by atoms with E-state index in [1.165, 1.54) is 0 Å². The van der Waals surface area contributed by atoms with E-state index in [0.29, 0.717) is 0 Å². The van der Waals surface area contributed by atoms with Gasteiger partial charge in [-0.1, -0.05) is 12.7 Å². The van der Waals surface area contributed by atoms with Gasteiger partial charge in [-0.2, -0.15) is 0 Å². The predicted octanol–water partition coefficient (Wildman–Crippen LogP) is 1.23. The van der Waals surface area contributed by atoms with Gasteiger partial charge in [-0.3, -0.25) is 0 Å². The quantitative estimate of drug-likeness (QED) is 0.599. The van der Waals surface area contributed by atoms with Crippen LogP contribution in [0.5, 0.6) is 0 Å². The molecule has 1 N–H and O–H groups in total. The van der Waals surface area contributed by atoms with Crippen molar-refractivity contribution in [2.45, 2.75) is 6.92 Å². The molecule has 0 saturated heterocycles. The summed E-state index contributed by atoms with van der Waals surface area (Å²) < 4.78 is 0. The number of nitrogens with one attached hydrogen (secondary N) is 1. The van der Waals surface area contributed by atoms with Crippen molar-refractivity contribution >= 4 is 0 Å². The van der Waals surface area contributed by atoms with Crippen molar-refractivity contribution in [2.75, 3.05) is 27.2 Å². The highest BCUT2D eigenvalue weighted by Gasteiger charge is 1.84. The van der Waals surface area contributed by atoms with Gasteiger partial charge >= 0.3 is 0 Å². The summed E-state index contributed by atoms with van der Waals surface area (Å²) in [5, 5.41) is 3.12. The zero-order valence-electron chi connectivity index (χ0n) is 7.72. The average molecular weight is 154 g/mol. The highest BCUT2D eigenvalue weighted by atomic mass is 15.0. The van der Waals surface area contributed by atoms with Crippen molar-refractivity contribution in [1.29, 1.82) is 0 Å². The van der Waals surface area contributed by atoms with Gasteiger partial charge < -0.3 is 10.2 Å². The predicted molar refractivity (Wildman–Crippen MR) is 50.5 cm³/mol. The molecule has 0 aliphatic carbocycles. The van der Waals surface area contributed by atoms with Gasteiger partial charge in [0.1, 0.15) is 0 Å². The summed E-state index contributed by atoms with van der Waals surface area (Å²) in [5.74, 6) is 0. The molecule has 2 nitrogen and oxygen atoms in total. The summed E-state index contributed by atoms with van der Waals surface area (Å²) in [6.07, 6.45) is 4.09. The van der Waals surface area contributed by atoms with E-state index in [1.807, 2.05) is 20.2 Å². The van der Waals surface area contributed by atoms with E-state index < -0.39 is 0 Å². The van der Waals surface area contributed by atoms with E-state index in [4.69, 9.17) is 0 Å². The Hall–Kier alpha value is -0.760. The van der Waals surface area contributed by atoms with Crippen LogP contribution in [0.15, 0.2) is 24.4 Å². The first-order valence-electron chi connectivity index (χ1n) is 3.91. The summed E-state index contributed by atoms with van der Waals surface area (Å²) in [7, 11) is 4.08. The van der Waals surface area contributed by atoms with Crippen LogP contribution in [0, 0.1) is 0 Å². The molecule has 0 aliphatic rings. The number of hydrogen-bond acceptors (Lipinski definition) is 2. The van der Waals surface area contributed by atoms with E-state index in [9.17, 15) is 0 Å². The van der Waals surface area contributed by atoms with Crippen LogP contribution < -0.4 is 5.32 Å². The van der Waals surface area contributed by atoms with Gasteiger partial charge in [0, 0.05) is 18.8 Å². The van der Waals surface area contributed by atoms with Crippen molar-refractivity contribution in [3.05, 3.63) is 24.4 Å². The van der Waals surface area contributed by atoms with Crippen LogP contribution in [0.4, 0.5) is 0 Å². The van der Waals surface area contributed by atoms with Crippen LogP contribution in [-0.4, -0.2) is 32.1 Å². The summed E-state index contributed by atoms with van der Waals surface area (Å²) in [5.41, 5.74) is 0.981. The number of likely N-dealkylation sites (N-methyl/N-ethyl adjacent to an activating group) is 2. The summed E-state index contributed by atoms with van der Waals surface area (Å²) in [6.45, 7) is 7.78. The summed E-state index contributed by atoms with van der Waals surface area (Å²) >= 11 is 0. The standard InChI is InChI=1S/C9H18N2/c1-5-10-9(2)7-6-8-11(3)4/h6-7,10H,2,5,8H2,1,3-4H3/b7-6+. The van der Waals surface area contributed by atoms with E-state index in [1.54, 1.807) is 0 Å². The fourth-order valence-corrected chi connectivity index (χ4v) is 0.692. The van der Waals surface area contributed by atoms with Gasteiger partial charge in [-0.15, -0.1) is 0 Å². The zero-order chi connectivity index (χ0) is 8.69. The minimum absolute atomic E-state index is 0.936. The molecule has 0 rings (SSSR count). The van der Waals surface area contributed by atoms with Crippen molar-refractivity contribution in [3.8, 4) is 0 Å². The van der Waals surface area contributed by atoms with Crippen molar-refractivity contribution in [1.82, 2.24) is 10.2 Å². The molecule has 0 aliphatic heterocycles. The first-order valence-corrected chi connectivity index (χ1v) is 3.91. The van der Waals surface area contributed by atoms with Crippen LogP contribution in [0.2, 0.25) is 0 Å². The molecule has 0 unspecified atom stereocenters. The first kappa shape index (κ1) is 10.2. The molecule has 0 saturated carbocycles. The topological polar surface area (TPSA) is 15.3 Å². The van der Waals surface area contributed by atoms with Gasteiger partial charge in [-0.25, -0.2) is 0 Å². The Kier molecular flexibility index (Phi) is 5.57. The molecule has 0 atom stereocenters. The van der Waals surface area contributed by atoms with E-state index in [2.05, 4.69) is 29.8 Å². The van der Waals surface area contributed by atoms with E-state index in [-0.39, 0.29) is 0 Å². The number of hydrogen-bond donors (Lipinski definition) is 1. The lowest BCUT2D eigenvalue weighted by Gasteiger charge is -2.04. The maximum atomic E-state index is 3.82. The molecule has 2 heteroatoms. The van der Waals surface area contributed by atoms with Crippen LogP contribution in [-0.2, 0) is 0 Å². The smallest absolute Gasteiger partial charge is 0.0264 e. The molecule has 0 aromatic rings. The lowest BCUT2D eigenvalue weighted by Crippen LogP contribution is -2.12. The average Bonchev–Trinajstić information content (AvgIpc) is 1.87. The molecule has 11 heavy (non-hydrogen) atoms. The third-order valence-electron chi connectivity index (χ3n) is 1.19. The Morgan fingerprint density at radius 3 is 2.64 bits per heavy atom. The lowest BCUT2D eigenvalue weighted by molar-refractivity contribution is 0.456. The second kappa shape index (κ2) is 5.98. The van der Waals surface area contributed by atoms with Crippen LogP contribution >= 0.6 is 0 Å². The molecular weight excluding hydrogens is 136 g/mol. The largest absolute Gasteiger partial charge is 0.386 e. The third kappa shape index (κ3) is 7.13. The number of nitrogens with zero attached hydrogens (tertiary/aromatic N) is 1. The van der Waals surface area contributed by atoms with Crippen molar-refractivity contribution in [3.63, 3.8) is 0 Å². The van der Waals surface area contributed by atoms with E-state index >= 15 is 0 Å². The van der Waals surface area contributed by atoms with Crippen LogP contribution in [0.3, 0.4) is 0 Å². The SMILES string of the molecule is C=C(/C=C/CN(C)C)NCC.